The van der Waals surface area contributed by atoms with E-state index in [9.17, 15) is 9.59 Å². The Morgan fingerprint density at radius 1 is 1.22 bits per heavy atom. The quantitative estimate of drug-likeness (QED) is 0.800. The molecule has 0 radical (unpaired) electrons. The molecule has 100 valence electrons. The molecule has 18 heavy (non-hydrogen) atoms. The van der Waals surface area contributed by atoms with Gasteiger partial charge >= 0.3 is 0 Å². The van der Waals surface area contributed by atoms with Gasteiger partial charge in [0.05, 0.1) is 5.56 Å². The number of Topliss-reactive ketones (excluding diaryl/α,β-unsaturated/α-hetero) is 1. The summed E-state index contributed by atoms with van der Waals surface area (Å²) >= 11 is 0. The van der Waals surface area contributed by atoms with Crippen molar-refractivity contribution in [2.45, 2.75) is 19.9 Å². The summed E-state index contributed by atoms with van der Waals surface area (Å²) in [5, 5.41) is 5.82. The van der Waals surface area contributed by atoms with Crippen molar-refractivity contribution in [1.82, 2.24) is 10.6 Å². The number of carbonyl (C=O) groups excluding carboxylic acids is 2. The molecule has 0 spiro atoms. The summed E-state index contributed by atoms with van der Waals surface area (Å²) < 4.78 is 0. The number of nitrogens with one attached hydrogen (secondary N) is 2. The fourth-order valence-corrected chi connectivity index (χ4v) is 1.43. The number of ketones is 1. The van der Waals surface area contributed by atoms with Crippen molar-refractivity contribution in [3.05, 3.63) is 35.4 Å². The van der Waals surface area contributed by atoms with Gasteiger partial charge in [0.15, 0.2) is 5.78 Å². The van der Waals surface area contributed by atoms with Crippen LogP contribution in [-0.2, 0) is 0 Å². The number of benzene rings is 1. The average molecular weight is 271 g/mol. The van der Waals surface area contributed by atoms with Crippen molar-refractivity contribution in [1.29, 1.82) is 0 Å². The van der Waals surface area contributed by atoms with Crippen LogP contribution in [0.4, 0.5) is 0 Å². The second kappa shape index (κ2) is 7.84. The number of halogens is 1. The van der Waals surface area contributed by atoms with Gasteiger partial charge in [0, 0.05) is 18.2 Å². The predicted molar refractivity (Wildman–Crippen MR) is 74.5 cm³/mol. The molecule has 0 heterocycles. The molecule has 2 N–H and O–H groups in total. The number of carbonyl (C=O) groups is 2. The van der Waals surface area contributed by atoms with E-state index in [-0.39, 0.29) is 30.1 Å². The normalized spacial score (nSPS) is 11.3. The van der Waals surface area contributed by atoms with Gasteiger partial charge in [-0.2, -0.15) is 0 Å². The highest BCUT2D eigenvalue weighted by Gasteiger charge is 2.13. The molecule has 1 unspecified atom stereocenters. The number of hydrogen-bond acceptors (Lipinski definition) is 3. The lowest BCUT2D eigenvalue weighted by Crippen LogP contribution is -2.37. The molecule has 0 aliphatic heterocycles. The molecule has 0 aliphatic carbocycles. The van der Waals surface area contributed by atoms with Crippen LogP contribution in [0.1, 0.15) is 34.6 Å². The van der Waals surface area contributed by atoms with E-state index in [0.29, 0.717) is 17.7 Å². The molecule has 1 rings (SSSR count). The smallest absolute Gasteiger partial charge is 0.252 e. The van der Waals surface area contributed by atoms with Crippen LogP contribution in [0.25, 0.3) is 0 Å². The molecular formula is C13H19ClN2O2. The Labute approximate surface area is 114 Å². The fourth-order valence-electron chi connectivity index (χ4n) is 1.43. The van der Waals surface area contributed by atoms with Gasteiger partial charge in [-0.15, -0.1) is 12.4 Å². The first-order valence-corrected chi connectivity index (χ1v) is 5.61. The monoisotopic (exact) mass is 270 g/mol. The van der Waals surface area contributed by atoms with Gasteiger partial charge in [-0.3, -0.25) is 9.59 Å². The fraction of sp³-hybridized carbons (Fsp3) is 0.385. The summed E-state index contributed by atoms with van der Waals surface area (Å²) in [5.74, 6) is -0.310. The Kier molecular flexibility index (Phi) is 7.24. The average Bonchev–Trinajstić information content (AvgIpc) is 2.35. The Morgan fingerprint density at radius 3 is 2.28 bits per heavy atom. The molecule has 0 saturated heterocycles. The summed E-state index contributed by atoms with van der Waals surface area (Å²) in [6.45, 7) is 3.96. The number of amides is 1. The second-order valence-electron chi connectivity index (χ2n) is 4.00. The molecule has 1 aromatic rings. The first-order chi connectivity index (χ1) is 8.06. The van der Waals surface area contributed by atoms with Crippen molar-refractivity contribution < 1.29 is 9.59 Å². The van der Waals surface area contributed by atoms with Crippen LogP contribution in [0.3, 0.4) is 0 Å². The van der Waals surface area contributed by atoms with E-state index in [1.54, 1.807) is 24.3 Å². The van der Waals surface area contributed by atoms with Gasteiger partial charge in [0.2, 0.25) is 0 Å². The minimum Gasteiger partial charge on any atom is -0.350 e. The van der Waals surface area contributed by atoms with Crippen molar-refractivity contribution >= 4 is 24.1 Å². The highest BCUT2D eigenvalue weighted by Crippen LogP contribution is 2.09. The Morgan fingerprint density at radius 2 is 1.78 bits per heavy atom. The predicted octanol–water partition coefficient (Wildman–Crippen LogP) is 1.65. The molecule has 1 amide bonds. The maximum absolute atomic E-state index is 11.9. The van der Waals surface area contributed by atoms with Gasteiger partial charge in [-0.05, 0) is 27.0 Å². The first kappa shape index (κ1) is 16.6. The van der Waals surface area contributed by atoms with E-state index in [2.05, 4.69) is 10.6 Å². The van der Waals surface area contributed by atoms with Gasteiger partial charge in [-0.1, -0.05) is 18.2 Å². The van der Waals surface area contributed by atoms with E-state index in [4.69, 9.17) is 0 Å². The van der Waals surface area contributed by atoms with Gasteiger partial charge in [0.25, 0.3) is 5.91 Å². The summed E-state index contributed by atoms with van der Waals surface area (Å²) in [4.78, 5) is 23.3. The highest BCUT2D eigenvalue weighted by molar-refractivity contribution is 6.07. The molecule has 5 heteroatoms. The van der Waals surface area contributed by atoms with Crippen molar-refractivity contribution in [2.24, 2.45) is 0 Å². The van der Waals surface area contributed by atoms with Crippen molar-refractivity contribution in [3.8, 4) is 0 Å². The largest absolute Gasteiger partial charge is 0.350 e. The van der Waals surface area contributed by atoms with Gasteiger partial charge in [-0.25, -0.2) is 0 Å². The number of rotatable bonds is 5. The van der Waals surface area contributed by atoms with Crippen LogP contribution < -0.4 is 10.6 Å². The van der Waals surface area contributed by atoms with Crippen LogP contribution in [0.15, 0.2) is 24.3 Å². The third-order valence-corrected chi connectivity index (χ3v) is 2.61. The zero-order valence-electron chi connectivity index (χ0n) is 10.8. The lowest BCUT2D eigenvalue weighted by Gasteiger charge is -2.12. The molecule has 0 bridgehead atoms. The molecular weight excluding hydrogens is 252 g/mol. The third-order valence-electron chi connectivity index (χ3n) is 2.61. The molecule has 0 fully saturated rings. The first-order valence-electron chi connectivity index (χ1n) is 5.61. The van der Waals surface area contributed by atoms with E-state index in [0.717, 1.165) is 0 Å². The highest BCUT2D eigenvalue weighted by atomic mass is 35.5. The molecule has 0 saturated carbocycles. The lowest BCUT2D eigenvalue weighted by molar-refractivity contribution is 0.0936. The van der Waals surface area contributed by atoms with Crippen LogP contribution in [0, 0.1) is 0 Å². The van der Waals surface area contributed by atoms with Crippen LogP contribution in [0.2, 0.25) is 0 Å². The minimum absolute atomic E-state index is 0. The molecule has 1 aromatic carbocycles. The zero-order valence-corrected chi connectivity index (χ0v) is 11.6. The van der Waals surface area contributed by atoms with Crippen LogP contribution >= 0.6 is 12.4 Å². The van der Waals surface area contributed by atoms with E-state index >= 15 is 0 Å². The molecule has 0 aromatic heterocycles. The minimum atomic E-state index is -0.210. The van der Waals surface area contributed by atoms with E-state index in [1.807, 2.05) is 14.0 Å². The van der Waals surface area contributed by atoms with Crippen molar-refractivity contribution in [3.63, 3.8) is 0 Å². The van der Waals surface area contributed by atoms with E-state index < -0.39 is 0 Å². The van der Waals surface area contributed by atoms with Crippen molar-refractivity contribution in [2.75, 3.05) is 13.6 Å². The second-order valence-corrected chi connectivity index (χ2v) is 4.00. The lowest BCUT2D eigenvalue weighted by atomic mass is 10.0. The molecule has 0 aliphatic rings. The standard InChI is InChI=1S/C13H18N2O2.ClH/c1-9(14-3)8-15-13(17)12-7-5-4-6-11(12)10(2)16;/h4-7,9,14H,8H2,1-3H3,(H,15,17);1H. The third kappa shape index (κ3) is 4.47. The van der Waals surface area contributed by atoms with Gasteiger partial charge < -0.3 is 10.6 Å². The Hall–Kier alpha value is -1.39. The maximum atomic E-state index is 11.9. The summed E-state index contributed by atoms with van der Waals surface area (Å²) in [6, 6.07) is 7.03. The van der Waals surface area contributed by atoms with Crippen LogP contribution in [-0.4, -0.2) is 31.3 Å². The zero-order chi connectivity index (χ0) is 12.8. The van der Waals surface area contributed by atoms with E-state index in [1.165, 1.54) is 6.92 Å². The topological polar surface area (TPSA) is 58.2 Å². The molecule has 1 atom stereocenters. The maximum Gasteiger partial charge on any atom is 0.252 e. The Balaban J connectivity index is 0.00000289. The van der Waals surface area contributed by atoms with Crippen LogP contribution in [0.5, 0.6) is 0 Å². The number of likely N-dealkylation sites (N-methyl/N-ethyl adjacent to an activating group) is 1. The summed E-state index contributed by atoms with van der Waals surface area (Å²) in [6.07, 6.45) is 0. The summed E-state index contributed by atoms with van der Waals surface area (Å²) in [5.41, 5.74) is 0.894. The Bertz CT molecular complexity index is 421. The van der Waals surface area contributed by atoms with Gasteiger partial charge in [0.1, 0.15) is 0 Å². The SMILES string of the molecule is CNC(C)CNC(=O)c1ccccc1C(C)=O.Cl. The summed E-state index contributed by atoms with van der Waals surface area (Å²) in [7, 11) is 1.83. The molecule has 4 nitrogen and oxygen atoms in total. The number of hydrogen-bond donors (Lipinski definition) is 2.